The third-order valence-corrected chi connectivity index (χ3v) is 5.97. The van der Waals surface area contributed by atoms with Gasteiger partial charge in [0.2, 0.25) is 0 Å². The van der Waals surface area contributed by atoms with Gasteiger partial charge in [0.15, 0.2) is 11.5 Å². The molecule has 8 heteroatoms. The normalized spacial score (nSPS) is 14.9. The second-order valence-electron chi connectivity index (χ2n) is 7.94. The van der Waals surface area contributed by atoms with Crippen LogP contribution in [-0.2, 0) is 12.8 Å². The Bertz CT molecular complexity index is 1270. The zero-order valence-electron chi connectivity index (χ0n) is 18.2. The fourth-order valence-corrected chi connectivity index (χ4v) is 4.33. The molecule has 2 aromatic carbocycles. The summed E-state index contributed by atoms with van der Waals surface area (Å²) in [7, 11) is 3.09. The highest BCUT2D eigenvalue weighted by atomic mass is 19.1. The van der Waals surface area contributed by atoms with Crippen LogP contribution in [0.15, 0.2) is 35.1 Å². The highest BCUT2D eigenvalue weighted by molar-refractivity contribution is 6.03. The van der Waals surface area contributed by atoms with Crippen molar-refractivity contribution in [1.29, 1.82) is 0 Å². The van der Waals surface area contributed by atoms with E-state index in [4.69, 9.17) is 9.47 Å². The number of nitrogens with zero attached hydrogens (tertiary/aromatic N) is 1. The van der Waals surface area contributed by atoms with Gasteiger partial charge in [-0.15, -0.1) is 0 Å². The third kappa shape index (κ3) is 3.66. The van der Waals surface area contributed by atoms with Crippen LogP contribution in [0.25, 0.3) is 10.9 Å². The molecule has 2 N–H and O–H groups in total. The van der Waals surface area contributed by atoms with Crippen LogP contribution in [0.5, 0.6) is 17.2 Å². The van der Waals surface area contributed by atoms with Crippen molar-refractivity contribution in [3.63, 3.8) is 0 Å². The van der Waals surface area contributed by atoms with Crippen LogP contribution in [-0.4, -0.2) is 36.3 Å². The number of halogens is 1. The quantitative estimate of drug-likeness (QED) is 0.614. The Morgan fingerprint density at radius 3 is 2.69 bits per heavy atom. The molecule has 7 nitrogen and oxygen atoms in total. The molecule has 0 saturated carbocycles. The Balaban J connectivity index is 1.63. The number of aromatic hydroxyl groups is 1. The first kappa shape index (κ1) is 21.7. The number of hydrogen-bond acceptors (Lipinski definition) is 5. The number of benzene rings is 2. The average Bonchev–Trinajstić information content (AvgIpc) is 2.77. The van der Waals surface area contributed by atoms with Crippen LogP contribution >= 0.6 is 0 Å². The molecule has 1 aliphatic rings. The molecule has 0 unspecified atom stereocenters. The van der Waals surface area contributed by atoms with Gasteiger partial charge in [0.25, 0.3) is 11.5 Å². The summed E-state index contributed by atoms with van der Waals surface area (Å²) in [5, 5.41) is 13.6. The maximum atomic E-state index is 14.1. The van der Waals surface area contributed by atoms with Crippen molar-refractivity contribution in [2.75, 3.05) is 20.8 Å². The summed E-state index contributed by atoms with van der Waals surface area (Å²) in [5.74, 6) is -0.513. The molecule has 3 aromatic rings. The van der Waals surface area contributed by atoms with Crippen molar-refractivity contribution in [1.82, 2.24) is 9.88 Å². The molecule has 0 radical (unpaired) electrons. The van der Waals surface area contributed by atoms with Crippen molar-refractivity contribution >= 4 is 16.8 Å². The summed E-state index contributed by atoms with van der Waals surface area (Å²) < 4.78 is 26.1. The van der Waals surface area contributed by atoms with Crippen molar-refractivity contribution in [2.45, 2.75) is 32.2 Å². The number of ether oxygens (including phenoxy) is 2. The highest BCUT2D eigenvalue weighted by Crippen LogP contribution is 2.35. The fraction of sp³-hybridized carbons (Fsp3) is 0.333. The number of nitrogens with one attached hydrogen (secondary N) is 1. The lowest BCUT2D eigenvalue weighted by atomic mass is 9.95. The monoisotopic (exact) mass is 440 g/mol. The van der Waals surface area contributed by atoms with Gasteiger partial charge in [-0.3, -0.25) is 9.59 Å². The maximum absolute atomic E-state index is 14.1. The average molecular weight is 440 g/mol. The molecule has 0 bridgehead atoms. The number of pyridine rings is 1. The summed E-state index contributed by atoms with van der Waals surface area (Å²) in [6.07, 6.45) is 1.73. The second-order valence-corrected chi connectivity index (χ2v) is 7.94. The molecular formula is C24H25FN2O5. The van der Waals surface area contributed by atoms with Crippen molar-refractivity contribution in [3.05, 3.63) is 63.2 Å². The van der Waals surface area contributed by atoms with Crippen LogP contribution in [0, 0.1) is 5.82 Å². The number of amides is 1. The number of hydrogen-bond donors (Lipinski definition) is 2. The van der Waals surface area contributed by atoms with Crippen LogP contribution in [0.4, 0.5) is 4.39 Å². The summed E-state index contributed by atoms with van der Waals surface area (Å²) in [6.45, 7) is 2.11. The van der Waals surface area contributed by atoms with Crippen molar-refractivity contribution in [2.24, 2.45) is 0 Å². The minimum Gasteiger partial charge on any atom is -0.506 e. The van der Waals surface area contributed by atoms with E-state index in [0.29, 0.717) is 41.8 Å². The van der Waals surface area contributed by atoms with Gasteiger partial charge in [0, 0.05) is 18.0 Å². The predicted octanol–water partition coefficient (Wildman–Crippen LogP) is 3.34. The van der Waals surface area contributed by atoms with Crippen LogP contribution in [0.2, 0.25) is 0 Å². The molecular weight excluding hydrogens is 415 g/mol. The molecule has 4 rings (SSSR count). The Morgan fingerprint density at radius 1 is 1.22 bits per heavy atom. The second kappa shape index (κ2) is 8.53. The van der Waals surface area contributed by atoms with E-state index in [1.54, 1.807) is 20.3 Å². The Kier molecular flexibility index (Phi) is 5.78. The molecule has 1 aromatic heterocycles. The molecule has 1 aliphatic heterocycles. The molecule has 0 spiro atoms. The van der Waals surface area contributed by atoms with Crippen LogP contribution < -0.4 is 20.3 Å². The maximum Gasteiger partial charge on any atom is 0.267 e. The van der Waals surface area contributed by atoms with E-state index >= 15 is 0 Å². The van der Waals surface area contributed by atoms with E-state index in [-0.39, 0.29) is 23.5 Å². The van der Waals surface area contributed by atoms with E-state index in [0.717, 1.165) is 5.56 Å². The number of carbonyl (C=O) groups is 1. The van der Waals surface area contributed by atoms with Crippen molar-refractivity contribution < 1.29 is 23.8 Å². The van der Waals surface area contributed by atoms with Gasteiger partial charge in [0.05, 0.1) is 19.7 Å². The number of aromatic nitrogens is 1. The molecule has 0 aliphatic carbocycles. The van der Waals surface area contributed by atoms with Gasteiger partial charge in [-0.1, -0.05) is 6.07 Å². The Morgan fingerprint density at radius 2 is 1.97 bits per heavy atom. The van der Waals surface area contributed by atoms with Gasteiger partial charge in [0.1, 0.15) is 17.1 Å². The largest absolute Gasteiger partial charge is 0.506 e. The van der Waals surface area contributed by atoms with Crippen molar-refractivity contribution in [3.8, 4) is 17.2 Å². The van der Waals surface area contributed by atoms with Gasteiger partial charge >= 0.3 is 0 Å². The Labute approximate surface area is 184 Å². The predicted molar refractivity (Wildman–Crippen MR) is 118 cm³/mol. The van der Waals surface area contributed by atoms with E-state index in [2.05, 4.69) is 5.32 Å². The zero-order chi connectivity index (χ0) is 23.0. The molecule has 0 fully saturated rings. The van der Waals surface area contributed by atoms with E-state index in [1.807, 2.05) is 19.1 Å². The third-order valence-electron chi connectivity index (χ3n) is 5.97. The van der Waals surface area contributed by atoms with Gasteiger partial charge in [-0.2, -0.15) is 0 Å². The fourth-order valence-electron chi connectivity index (χ4n) is 4.33. The minimum atomic E-state index is -0.692. The number of carbonyl (C=O) groups excluding carboxylic acids is 1. The lowest BCUT2D eigenvalue weighted by molar-refractivity contribution is 0.0949. The van der Waals surface area contributed by atoms with Gasteiger partial charge in [-0.05, 0) is 61.6 Å². The van der Waals surface area contributed by atoms with Crippen LogP contribution in [0.1, 0.15) is 40.9 Å². The van der Waals surface area contributed by atoms with E-state index in [9.17, 15) is 19.1 Å². The SMILES string of the molecule is COc1ccc(CCNC(=O)c2c(O)c3cc(F)cc4c3n(c2=O)[C@@H](C)CC4)cc1OC. The summed E-state index contributed by atoms with van der Waals surface area (Å²) in [6, 6.07) is 7.82. The molecule has 1 atom stereocenters. The molecule has 168 valence electrons. The summed E-state index contributed by atoms with van der Waals surface area (Å²) in [5.41, 5.74) is 1.12. The van der Waals surface area contributed by atoms with Crippen LogP contribution in [0.3, 0.4) is 0 Å². The van der Waals surface area contributed by atoms with E-state index in [1.165, 1.54) is 16.7 Å². The lowest BCUT2D eigenvalue weighted by Gasteiger charge is -2.26. The molecule has 2 heterocycles. The first-order chi connectivity index (χ1) is 15.3. The first-order valence-corrected chi connectivity index (χ1v) is 10.4. The smallest absolute Gasteiger partial charge is 0.267 e. The minimum absolute atomic E-state index is 0.165. The zero-order valence-corrected chi connectivity index (χ0v) is 18.2. The summed E-state index contributed by atoms with van der Waals surface area (Å²) >= 11 is 0. The number of rotatable bonds is 6. The first-order valence-electron chi connectivity index (χ1n) is 10.4. The lowest BCUT2D eigenvalue weighted by Crippen LogP contribution is -2.36. The van der Waals surface area contributed by atoms with E-state index < -0.39 is 23.0 Å². The molecule has 0 saturated heterocycles. The molecule has 32 heavy (non-hydrogen) atoms. The number of aryl methyl sites for hydroxylation is 1. The van der Waals surface area contributed by atoms with Gasteiger partial charge in [-0.25, -0.2) is 4.39 Å². The van der Waals surface area contributed by atoms with Gasteiger partial charge < -0.3 is 24.5 Å². The topological polar surface area (TPSA) is 89.8 Å². The number of methoxy groups -OCH3 is 2. The standard InChI is InChI=1S/C24H25FN2O5/c1-13-4-6-15-11-16(25)12-17-21(15)27(13)24(30)20(22(17)28)23(29)26-9-8-14-5-7-18(31-2)19(10-14)32-3/h5,7,10-13,28H,4,6,8-9H2,1-3H3,(H,26,29)/t13-/m0/s1. The Hall–Kier alpha value is -3.55. The highest BCUT2D eigenvalue weighted by Gasteiger charge is 2.28. The summed E-state index contributed by atoms with van der Waals surface area (Å²) in [4.78, 5) is 26.0. The molecule has 1 amide bonds.